The number of amides is 1. The first kappa shape index (κ1) is 25.0. The molecule has 2 heterocycles. The quantitative estimate of drug-likeness (QED) is 0.368. The van der Waals surface area contributed by atoms with E-state index in [1.165, 1.54) is 17.0 Å². The van der Waals surface area contributed by atoms with E-state index >= 15 is 0 Å². The number of carbonyl (C=O) groups excluding carboxylic acids is 1. The predicted octanol–water partition coefficient (Wildman–Crippen LogP) is 5.10. The van der Waals surface area contributed by atoms with Crippen LogP contribution in [-0.4, -0.2) is 51.3 Å². The van der Waals surface area contributed by atoms with Gasteiger partial charge in [-0.25, -0.2) is 19.2 Å². The molecule has 0 aliphatic heterocycles. The first-order chi connectivity index (χ1) is 15.4. The van der Waals surface area contributed by atoms with E-state index in [9.17, 15) is 9.18 Å². The van der Waals surface area contributed by atoms with Gasteiger partial charge in [0.15, 0.2) is 5.65 Å². The van der Waals surface area contributed by atoms with Crippen molar-refractivity contribution in [2.24, 2.45) is 7.05 Å². The summed E-state index contributed by atoms with van der Waals surface area (Å²) in [7, 11) is 3.54. The van der Waals surface area contributed by atoms with Gasteiger partial charge < -0.3 is 23.7 Å². The van der Waals surface area contributed by atoms with Crippen LogP contribution in [0.15, 0.2) is 30.6 Å². The Hall–Kier alpha value is -2.63. The Morgan fingerprint density at radius 1 is 1.33 bits per heavy atom. The van der Waals surface area contributed by atoms with Crippen LogP contribution in [0.25, 0.3) is 11.2 Å². The molecule has 10 heteroatoms. The number of rotatable bonds is 7. The lowest BCUT2D eigenvalue weighted by Gasteiger charge is -2.25. The van der Waals surface area contributed by atoms with E-state index in [1.54, 1.807) is 26.2 Å². The van der Waals surface area contributed by atoms with Crippen LogP contribution in [0.1, 0.15) is 39.4 Å². The second kappa shape index (κ2) is 10.1. The zero-order valence-corrected chi connectivity index (χ0v) is 21.7. The Balaban J connectivity index is 1.69. The van der Waals surface area contributed by atoms with Crippen molar-refractivity contribution < 1.29 is 23.4 Å². The Kier molecular flexibility index (Phi) is 7.65. The number of halogens is 2. The number of ether oxygens (including phenoxy) is 3. The Morgan fingerprint density at radius 3 is 2.76 bits per heavy atom. The normalized spacial score (nSPS) is 12.5. The third kappa shape index (κ3) is 6.46. The lowest BCUT2D eigenvalue weighted by molar-refractivity contribution is 0.0277. The molecular weight excluding hydrogens is 542 g/mol. The van der Waals surface area contributed by atoms with Crippen LogP contribution in [0.2, 0.25) is 0 Å². The van der Waals surface area contributed by atoms with E-state index in [4.69, 9.17) is 14.2 Å². The molecule has 0 aliphatic carbocycles. The average Bonchev–Trinajstić information content (AvgIpc) is 3.00. The van der Waals surface area contributed by atoms with Gasteiger partial charge in [0.2, 0.25) is 5.88 Å². The van der Waals surface area contributed by atoms with Gasteiger partial charge in [0.1, 0.15) is 35.4 Å². The number of hydrogen-bond donors (Lipinski definition) is 0. The fourth-order valence-electron chi connectivity index (χ4n) is 3.07. The van der Waals surface area contributed by atoms with Crippen LogP contribution in [0.3, 0.4) is 0 Å². The maximum Gasteiger partial charge on any atom is 0.410 e. The van der Waals surface area contributed by atoms with Crippen LogP contribution in [-0.2, 0) is 11.8 Å². The Bertz CT molecular complexity index is 1150. The number of aryl methyl sites for hydroxylation is 1. The number of benzene rings is 1. The van der Waals surface area contributed by atoms with Gasteiger partial charge in [0.05, 0.1) is 16.3 Å². The van der Waals surface area contributed by atoms with Crippen LogP contribution < -0.4 is 9.47 Å². The van der Waals surface area contributed by atoms with Crippen molar-refractivity contribution in [2.45, 2.75) is 39.4 Å². The molecule has 0 spiro atoms. The van der Waals surface area contributed by atoms with Crippen molar-refractivity contribution in [1.29, 1.82) is 0 Å². The zero-order chi connectivity index (χ0) is 24.3. The highest BCUT2D eigenvalue weighted by atomic mass is 127. The van der Waals surface area contributed by atoms with Gasteiger partial charge in [-0.15, -0.1) is 0 Å². The second-order valence-electron chi connectivity index (χ2n) is 8.66. The summed E-state index contributed by atoms with van der Waals surface area (Å²) in [6, 6.07) is 4.24. The van der Waals surface area contributed by atoms with Gasteiger partial charge in [-0.1, -0.05) is 0 Å². The molecule has 0 unspecified atom stereocenters. The summed E-state index contributed by atoms with van der Waals surface area (Å²) in [6.07, 6.45) is 2.49. The number of fused-ring (bicyclic) bond motifs is 1. The summed E-state index contributed by atoms with van der Waals surface area (Å²) in [5, 5.41) is 0. The maximum atomic E-state index is 14.0. The summed E-state index contributed by atoms with van der Waals surface area (Å²) in [5.41, 5.74) is 1.44. The number of nitrogens with zero attached hydrogens (tertiary/aromatic N) is 4. The molecule has 2 aromatic heterocycles. The fourth-order valence-corrected chi connectivity index (χ4v) is 3.85. The first-order valence-corrected chi connectivity index (χ1v) is 11.5. The Morgan fingerprint density at radius 2 is 2.06 bits per heavy atom. The minimum atomic E-state index is -0.577. The summed E-state index contributed by atoms with van der Waals surface area (Å²) in [4.78, 5) is 22.5. The molecule has 1 aromatic carbocycles. The van der Waals surface area contributed by atoms with E-state index in [1.807, 2.05) is 38.6 Å². The van der Waals surface area contributed by atoms with Crippen molar-refractivity contribution in [1.82, 2.24) is 19.4 Å². The number of carbonyl (C=O) groups is 1. The van der Waals surface area contributed by atoms with E-state index < -0.39 is 23.6 Å². The minimum absolute atomic E-state index is 0.203. The van der Waals surface area contributed by atoms with Crippen molar-refractivity contribution in [2.75, 3.05) is 20.2 Å². The van der Waals surface area contributed by atoms with Crippen molar-refractivity contribution in [3.8, 4) is 11.6 Å². The van der Waals surface area contributed by atoms with Crippen molar-refractivity contribution in [3.63, 3.8) is 0 Å². The Labute approximate surface area is 206 Å². The highest BCUT2D eigenvalue weighted by Crippen LogP contribution is 2.30. The van der Waals surface area contributed by atoms with Gasteiger partial charge in [0.25, 0.3) is 0 Å². The molecule has 178 valence electrons. The third-order valence-corrected chi connectivity index (χ3v) is 5.48. The lowest BCUT2D eigenvalue weighted by Crippen LogP contribution is -2.36. The molecular formula is C23H28FIN4O4. The maximum absolute atomic E-state index is 14.0. The van der Waals surface area contributed by atoms with Crippen LogP contribution in [0.4, 0.5) is 9.18 Å². The SMILES string of the molecule is C[C@@H](Oc1cnc2c(n1)c(I)cn2C)c1cc(F)ccc1OCCN(C)C(=O)OC(C)(C)C. The number of hydrogen-bond acceptors (Lipinski definition) is 6. The van der Waals surface area contributed by atoms with Gasteiger partial charge in [-0.2, -0.15) is 0 Å². The van der Waals surface area contributed by atoms with E-state index in [0.717, 1.165) is 14.7 Å². The molecule has 0 saturated carbocycles. The van der Waals surface area contributed by atoms with Crippen LogP contribution >= 0.6 is 22.6 Å². The molecule has 1 amide bonds. The molecule has 0 saturated heterocycles. The molecule has 0 N–H and O–H groups in total. The minimum Gasteiger partial charge on any atom is -0.491 e. The van der Waals surface area contributed by atoms with Gasteiger partial charge in [0, 0.05) is 25.9 Å². The van der Waals surface area contributed by atoms with Gasteiger partial charge in [-0.05, 0) is 68.5 Å². The highest BCUT2D eigenvalue weighted by molar-refractivity contribution is 14.1. The first-order valence-electron chi connectivity index (χ1n) is 10.4. The fraction of sp³-hybridized carbons (Fsp3) is 0.435. The number of aromatic nitrogens is 3. The number of likely N-dealkylation sites (N-methyl/N-ethyl adjacent to an activating group) is 1. The molecule has 3 rings (SSSR count). The van der Waals surface area contributed by atoms with Crippen molar-refractivity contribution >= 4 is 39.8 Å². The van der Waals surface area contributed by atoms with Crippen LogP contribution in [0, 0.1) is 9.39 Å². The van der Waals surface area contributed by atoms with Gasteiger partial charge in [-0.3, -0.25) is 0 Å². The molecule has 0 radical (unpaired) electrons. The largest absolute Gasteiger partial charge is 0.491 e. The van der Waals surface area contributed by atoms with E-state index in [-0.39, 0.29) is 6.61 Å². The molecule has 33 heavy (non-hydrogen) atoms. The summed E-state index contributed by atoms with van der Waals surface area (Å²) in [6.45, 7) is 7.72. The summed E-state index contributed by atoms with van der Waals surface area (Å²) >= 11 is 2.20. The monoisotopic (exact) mass is 570 g/mol. The smallest absolute Gasteiger partial charge is 0.410 e. The average molecular weight is 570 g/mol. The molecule has 3 aromatic rings. The second-order valence-corrected chi connectivity index (χ2v) is 9.82. The molecule has 1 atom stereocenters. The van der Waals surface area contributed by atoms with E-state index in [0.29, 0.717) is 23.7 Å². The van der Waals surface area contributed by atoms with Crippen LogP contribution in [0.5, 0.6) is 11.6 Å². The molecule has 8 nitrogen and oxygen atoms in total. The third-order valence-electron chi connectivity index (χ3n) is 4.70. The molecule has 0 fully saturated rings. The highest BCUT2D eigenvalue weighted by Gasteiger charge is 2.20. The topological polar surface area (TPSA) is 78.7 Å². The molecule has 0 aliphatic rings. The zero-order valence-electron chi connectivity index (χ0n) is 19.6. The predicted molar refractivity (Wildman–Crippen MR) is 131 cm³/mol. The summed E-state index contributed by atoms with van der Waals surface area (Å²) < 4.78 is 34.0. The lowest BCUT2D eigenvalue weighted by atomic mass is 10.1. The van der Waals surface area contributed by atoms with E-state index in [2.05, 4.69) is 32.6 Å². The standard InChI is InChI=1S/C23H28FIN4O4/c1-14(32-19-12-26-21-20(27-19)17(25)13-29(21)6)16-11-15(24)7-8-18(16)31-10-9-28(5)22(30)33-23(2,3)4/h7-8,11-14H,9-10H2,1-6H3/t14-/m1/s1. The van der Waals surface area contributed by atoms with Gasteiger partial charge >= 0.3 is 6.09 Å². The molecule has 0 bridgehead atoms. The summed E-state index contributed by atoms with van der Waals surface area (Å²) in [5.74, 6) is 0.390. The van der Waals surface area contributed by atoms with Crippen molar-refractivity contribution in [3.05, 3.63) is 45.5 Å².